The van der Waals surface area contributed by atoms with E-state index in [2.05, 4.69) is 5.32 Å². The lowest BCUT2D eigenvalue weighted by atomic mass is 10.2. The maximum absolute atomic E-state index is 10.5. The molecule has 5 heteroatoms. The molecule has 4 nitrogen and oxygen atoms in total. The minimum absolute atomic E-state index is 0.270. The van der Waals surface area contributed by atoms with Crippen LogP contribution in [0.25, 0.3) is 0 Å². The maximum Gasteiger partial charge on any atom is 0.219 e. The standard InChI is InChI=1S/C9H12ClN3O/c10-6-1-2-7(11)8(5-6)13-4-3-9(12)14/h1-2,5,13H,3-4,11H2,(H2,12,14). The molecular weight excluding hydrogens is 202 g/mol. The van der Waals surface area contributed by atoms with Crippen LogP contribution in [0, 0.1) is 0 Å². The first-order valence-electron chi connectivity index (χ1n) is 4.17. The van der Waals surface area contributed by atoms with E-state index >= 15 is 0 Å². The van der Waals surface area contributed by atoms with Gasteiger partial charge in [-0.1, -0.05) is 11.6 Å². The first-order chi connectivity index (χ1) is 6.59. The van der Waals surface area contributed by atoms with Crippen molar-refractivity contribution in [3.63, 3.8) is 0 Å². The van der Waals surface area contributed by atoms with Crippen LogP contribution >= 0.6 is 11.6 Å². The highest BCUT2D eigenvalue weighted by Gasteiger charge is 2.00. The second kappa shape index (κ2) is 4.72. The summed E-state index contributed by atoms with van der Waals surface area (Å²) in [6.07, 6.45) is 0.270. The topological polar surface area (TPSA) is 81.1 Å². The molecule has 0 aliphatic rings. The van der Waals surface area contributed by atoms with E-state index in [1.807, 2.05) is 0 Å². The van der Waals surface area contributed by atoms with E-state index in [4.69, 9.17) is 23.1 Å². The third-order valence-corrected chi connectivity index (χ3v) is 1.94. The Hall–Kier alpha value is -1.42. The Labute approximate surface area is 87.2 Å². The van der Waals surface area contributed by atoms with Crippen LogP contribution < -0.4 is 16.8 Å². The fourth-order valence-corrected chi connectivity index (χ4v) is 1.17. The zero-order chi connectivity index (χ0) is 10.6. The van der Waals surface area contributed by atoms with Crippen molar-refractivity contribution in [2.45, 2.75) is 6.42 Å². The van der Waals surface area contributed by atoms with E-state index in [0.29, 0.717) is 17.3 Å². The minimum Gasteiger partial charge on any atom is -0.397 e. The number of halogens is 1. The second-order valence-electron chi connectivity index (χ2n) is 2.87. The van der Waals surface area contributed by atoms with E-state index in [0.717, 1.165) is 5.69 Å². The quantitative estimate of drug-likeness (QED) is 0.658. The van der Waals surface area contributed by atoms with Crippen LogP contribution in [-0.4, -0.2) is 12.5 Å². The Morgan fingerprint density at radius 1 is 1.50 bits per heavy atom. The number of nitrogen functional groups attached to an aromatic ring is 1. The van der Waals surface area contributed by atoms with Crippen LogP contribution in [0.5, 0.6) is 0 Å². The summed E-state index contributed by atoms with van der Waals surface area (Å²) in [6, 6.07) is 5.11. The average molecular weight is 214 g/mol. The van der Waals surface area contributed by atoms with Crippen molar-refractivity contribution in [3.05, 3.63) is 23.2 Å². The van der Waals surface area contributed by atoms with E-state index in [1.165, 1.54) is 0 Å². The number of primary amides is 1. The molecule has 0 heterocycles. The van der Waals surface area contributed by atoms with Crippen molar-refractivity contribution in [2.24, 2.45) is 5.73 Å². The van der Waals surface area contributed by atoms with Crippen LogP contribution in [0.3, 0.4) is 0 Å². The summed E-state index contributed by atoms with van der Waals surface area (Å²) in [5.74, 6) is -0.349. The molecule has 0 saturated heterocycles. The molecule has 76 valence electrons. The largest absolute Gasteiger partial charge is 0.397 e. The minimum atomic E-state index is -0.349. The number of hydrogen-bond acceptors (Lipinski definition) is 3. The van der Waals surface area contributed by atoms with Crippen LogP contribution in [0.2, 0.25) is 5.02 Å². The number of anilines is 2. The van der Waals surface area contributed by atoms with Gasteiger partial charge in [0.1, 0.15) is 0 Å². The number of carbonyl (C=O) groups is 1. The number of nitrogens with two attached hydrogens (primary N) is 2. The first-order valence-corrected chi connectivity index (χ1v) is 4.54. The highest BCUT2D eigenvalue weighted by Crippen LogP contribution is 2.22. The second-order valence-corrected chi connectivity index (χ2v) is 3.31. The molecule has 0 aliphatic carbocycles. The zero-order valence-corrected chi connectivity index (χ0v) is 8.34. The first kappa shape index (κ1) is 10.7. The third kappa shape index (κ3) is 3.14. The predicted molar refractivity (Wildman–Crippen MR) is 58.2 cm³/mol. The molecule has 1 amide bonds. The molecule has 0 spiro atoms. The van der Waals surface area contributed by atoms with Gasteiger partial charge in [-0.25, -0.2) is 0 Å². The molecule has 0 aliphatic heterocycles. The summed E-state index contributed by atoms with van der Waals surface area (Å²) < 4.78 is 0. The van der Waals surface area contributed by atoms with Gasteiger partial charge in [-0.3, -0.25) is 4.79 Å². The molecule has 0 aromatic heterocycles. The molecule has 1 aromatic carbocycles. The molecule has 0 saturated carbocycles. The summed E-state index contributed by atoms with van der Waals surface area (Å²) >= 11 is 5.77. The van der Waals surface area contributed by atoms with Crippen molar-refractivity contribution < 1.29 is 4.79 Å². The summed E-state index contributed by atoms with van der Waals surface area (Å²) in [4.78, 5) is 10.5. The van der Waals surface area contributed by atoms with Gasteiger partial charge in [0.2, 0.25) is 5.91 Å². The Morgan fingerprint density at radius 2 is 2.21 bits per heavy atom. The molecular formula is C9H12ClN3O. The van der Waals surface area contributed by atoms with E-state index < -0.39 is 0 Å². The highest BCUT2D eigenvalue weighted by molar-refractivity contribution is 6.31. The van der Waals surface area contributed by atoms with Gasteiger partial charge in [0.15, 0.2) is 0 Å². The Kier molecular flexibility index (Phi) is 3.59. The van der Waals surface area contributed by atoms with Crippen molar-refractivity contribution in [2.75, 3.05) is 17.6 Å². The van der Waals surface area contributed by atoms with Gasteiger partial charge in [0.05, 0.1) is 11.4 Å². The van der Waals surface area contributed by atoms with Gasteiger partial charge in [-0.05, 0) is 18.2 Å². The van der Waals surface area contributed by atoms with Crippen LogP contribution in [0.4, 0.5) is 11.4 Å². The van der Waals surface area contributed by atoms with Crippen molar-refractivity contribution >= 4 is 28.9 Å². The normalized spacial score (nSPS) is 9.79. The van der Waals surface area contributed by atoms with Gasteiger partial charge < -0.3 is 16.8 Å². The van der Waals surface area contributed by atoms with Crippen LogP contribution in [-0.2, 0) is 4.79 Å². The Morgan fingerprint density at radius 3 is 2.86 bits per heavy atom. The number of carbonyl (C=O) groups excluding carboxylic acids is 1. The molecule has 14 heavy (non-hydrogen) atoms. The van der Waals surface area contributed by atoms with Gasteiger partial charge >= 0.3 is 0 Å². The number of amides is 1. The SMILES string of the molecule is NC(=O)CCNc1cc(Cl)ccc1N. The van der Waals surface area contributed by atoms with Crippen LogP contribution in [0.15, 0.2) is 18.2 Å². The number of rotatable bonds is 4. The molecule has 5 N–H and O–H groups in total. The average Bonchev–Trinajstić information content (AvgIpc) is 2.10. The predicted octanol–water partition coefficient (Wildman–Crippen LogP) is 1.21. The number of hydrogen-bond donors (Lipinski definition) is 3. The third-order valence-electron chi connectivity index (χ3n) is 1.70. The summed E-state index contributed by atoms with van der Waals surface area (Å²) in [5.41, 5.74) is 12.0. The summed E-state index contributed by atoms with van der Waals surface area (Å²) in [5, 5.41) is 3.57. The molecule has 0 bridgehead atoms. The Balaban J connectivity index is 2.57. The zero-order valence-electron chi connectivity index (χ0n) is 7.59. The number of nitrogens with one attached hydrogen (secondary N) is 1. The lowest BCUT2D eigenvalue weighted by Crippen LogP contribution is -2.16. The molecule has 0 atom stereocenters. The molecule has 1 rings (SSSR count). The van der Waals surface area contributed by atoms with Gasteiger partial charge in [-0.15, -0.1) is 0 Å². The van der Waals surface area contributed by atoms with Crippen molar-refractivity contribution in [3.8, 4) is 0 Å². The molecule has 0 unspecified atom stereocenters. The monoisotopic (exact) mass is 213 g/mol. The van der Waals surface area contributed by atoms with Crippen molar-refractivity contribution in [1.82, 2.24) is 0 Å². The van der Waals surface area contributed by atoms with Gasteiger partial charge in [0, 0.05) is 18.0 Å². The lowest BCUT2D eigenvalue weighted by molar-refractivity contribution is -0.117. The smallest absolute Gasteiger partial charge is 0.219 e. The lowest BCUT2D eigenvalue weighted by Gasteiger charge is -2.08. The highest BCUT2D eigenvalue weighted by atomic mass is 35.5. The summed E-state index contributed by atoms with van der Waals surface area (Å²) in [6.45, 7) is 0.458. The Bertz CT molecular complexity index is 341. The van der Waals surface area contributed by atoms with Crippen molar-refractivity contribution in [1.29, 1.82) is 0 Å². The van der Waals surface area contributed by atoms with Crippen LogP contribution in [0.1, 0.15) is 6.42 Å². The fourth-order valence-electron chi connectivity index (χ4n) is 1.00. The van der Waals surface area contributed by atoms with E-state index in [9.17, 15) is 4.79 Å². The van der Waals surface area contributed by atoms with E-state index in [1.54, 1.807) is 18.2 Å². The van der Waals surface area contributed by atoms with Gasteiger partial charge in [0.25, 0.3) is 0 Å². The summed E-state index contributed by atoms with van der Waals surface area (Å²) in [7, 11) is 0. The van der Waals surface area contributed by atoms with E-state index in [-0.39, 0.29) is 12.3 Å². The fraction of sp³-hybridized carbons (Fsp3) is 0.222. The molecule has 0 fully saturated rings. The number of benzene rings is 1. The molecule has 0 radical (unpaired) electrons. The molecule has 1 aromatic rings. The maximum atomic E-state index is 10.5. The van der Waals surface area contributed by atoms with Gasteiger partial charge in [-0.2, -0.15) is 0 Å².